The minimum Gasteiger partial charge on any atom is -0.286 e. The van der Waals surface area contributed by atoms with Gasteiger partial charge in [-0.15, -0.1) is 0 Å². The van der Waals surface area contributed by atoms with E-state index >= 15 is 0 Å². The molecule has 0 rings (SSSR count). The molecule has 129 valence electrons. The van der Waals surface area contributed by atoms with Crippen LogP contribution in [0.2, 0.25) is 0 Å². The Bertz CT molecular complexity index is 305. The third kappa shape index (κ3) is 23.2. The van der Waals surface area contributed by atoms with E-state index in [1.807, 2.05) is 0 Å². The normalized spacial score (nSPS) is 11.4. The largest absolute Gasteiger partial charge is 0.286 e. The topological polar surface area (TPSA) is 54.4 Å². The van der Waals surface area contributed by atoms with E-state index in [9.17, 15) is 8.42 Å². The van der Waals surface area contributed by atoms with Crippen molar-refractivity contribution in [3.8, 4) is 0 Å². The molecule has 3 nitrogen and oxygen atoms in total. The van der Waals surface area contributed by atoms with Crippen molar-refractivity contribution >= 4 is 39.7 Å². The molecule has 0 saturated carbocycles. The smallest absolute Gasteiger partial charge is 0.264 e. The van der Waals surface area contributed by atoms with Crippen LogP contribution < -0.4 is 0 Å². The molecule has 0 aliphatic rings. The van der Waals surface area contributed by atoms with Crippen LogP contribution in [0.25, 0.3) is 0 Å². The summed E-state index contributed by atoms with van der Waals surface area (Å²) in [6, 6.07) is 0. The van der Waals surface area contributed by atoms with Crippen LogP contribution in [-0.2, 0) is 10.1 Å². The van der Waals surface area contributed by atoms with Crippen molar-refractivity contribution in [2.45, 2.75) is 103 Å². The van der Waals surface area contributed by atoms with Crippen molar-refractivity contribution in [1.29, 1.82) is 0 Å². The van der Waals surface area contributed by atoms with Crippen molar-refractivity contribution < 1.29 is 13.0 Å². The van der Waals surface area contributed by atoms with Gasteiger partial charge in [-0.2, -0.15) is 8.42 Å². The van der Waals surface area contributed by atoms with Gasteiger partial charge in [0.25, 0.3) is 10.1 Å². The molecule has 0 aliphatic heterocycles. The van der Waals surface area contributed by atoms with Gasteiger partial charge in [-0.25, -0.2) is 0 Å². The second kappa shape index (κ2) is 18.3. The van der Waals surface area contributed by atoms with E-state index in [1.54, 1.807) is 0 Å². The van der Waals surface area contributed by atoms with Gasteiger partial charge in [0.1, 0.15) is 0 Å². The van der Waals surface area contributed by atoms with Gasteiger partial charge in [-0.05, 0) is 6.42 Å². The summed E-state index contributed by atoms with van der Waals surface area (Å²) in [5.41, 5.74) is 0. The maximum Gasteiger partial charge on any atom is 0.264 e. The molecule has 0 bridgehead atoms. The van der Waals surface area contributed by atoms with E-state index in [2.05, 4.69) is 6.92 Å². The van der Waals surface area contributed by atoms with Crippen molar-refractivity contribution in [3.05, 3.63) is 0 Å². The van der Waals surface area contributed by atoms with Crippen LogP contribution >= 0.6 is 0 Å². The average Bonchev–Trinajstić information content (AvgIpc) is 2.42. The molecule has 0 aromatic heterocycles. The Morgan fingerprint density at radius 1 is 0.591 bits per heavy atom. The summed E-state index contributed by atoms with van der Waals surface area (Å²) in [6.45, 7) is 2.26. The molecule has 0 spiro atoms. The van der Waals surface area contributed by atoms with Gasteiger partial charge in [-0.1, -0.05) is 96.8 Å². The SMILES string of the molecule is CCCCCCCCCCCCCCCCCS(=O)(=O)O.[Na]. The van der Waals surface area contributed by atoms with Gasteiger partial charge in [0.2, 0.25) is 0 Å². The van der Waals surface area contributed by atoms with Gasteiger partial charge >= 0.3 is 0 Å². The second-order valence-electron chi connectivity index (χ2n) is 6.24. The van der Waals surface area contributed by atoms with E-state index in [0.29, 0.717) is 6.42 Å². The Morgan fingerprint density at radius 3 is 1.14 bits per heavy atom. The fourth-order valence-electron chi connectivity index (χ4n) is 2.66. The van der Waals surface area contributed by atoms with Crippen LogP contribution in [0.5, 0.6) is 0 Å². The molecule has 0 aromatic rings. The predicted octanol–water partition coefficient (Wildman–Crippen LogP) is 5.36. The van der Waals surface area contributed by atoms with Gasteiger partial charge < -0.3 is 0 Å². The molecule has 0 fully saturated rings. The summed E-state index contributed by atoms with van der Waals surface area (Å²) in [5.74, 6) is -0.0781. The Labute approximate surface area is 161 Å². The summed E-state index contributed by atoms with van der Waals surface area (Å²) in [5, 5.41) is 0. The maximum atomic E-state index is 10.5. The second-order valence-corrected chi connectivity index (χ2v) is 7.81. The molecule has 0 heterocycles. The van der Waals surface area contributed by atoms with Crippen LogP contribution in [0.15, 0.2) is 0 Å². The fourth-order valence-corrected chi connectivity index (χ4v) is 3.22. The summed E-state index contributed by atoms with van der Waals surface area (Å²) in [4.78, 5) is 0. The molecule has 0 unspecified atom stereocenters. The molecule has 5 heteroatoms. The molecule has 0 aromatic carbocycles. The molecule has 1 N–H and O–H groups in total. The van der Waals surface area contributed by atoms with E-state index < -0.39 is 10.1 Å². The summed E-state index contributed by atoms with van der Waals surface area (Å²) >= 11 is 0. The minimum absolute atomic E-state index is 0. The molecular formula is C17H36NaO3S. The minimum atomic E-state index is -3.74. The molecule has 0 amide bonds. The van der Waals surface area contributed by atoms with Gasteiger partial charge in [0.05, 0.1) is 5.75 Å². The zero-order chi connectivity index (χ0) is 15.8. The quantitative estimate of drug-likeness (QED) is 0.233. The van der Waals surface area contributed by atoms with E-state index in [1.165, 1.54) is 77.0 Å². The first kappa shape index (κ1) is 25.2. The first-order valence-electron chi connectivity index (χ1n) is 9.01. The monoisotopic (exact) mass is 343 g/mol. The standard InChI is InChI=1S/C17H36O3S.Na/c1-2-3-4-5-6-7-8-9-10-11-12-13-14-15-16-17-21(18,19)20;/h2-17H2,1H3,(H,18,19,20);. The van der Waals surface area contributed by atoms with Crippen LogP contribution in [0.1, 0.15) is 103 Å². The van der Waals surface area contributed by atoms with Gasteiger partial charge in [0.15, 0.2) is 0 Å². The van der Waals surface area contributed by atoms with Crippen LogP contribution in [-0.4, -0.2) is 48.3 Å². The summed E-state index contributed by atoms with van der Waals surface area (Å²) in [7, 11) is -3.74. The molecule has 1 radical (unpaired) electrons. The maximum absolute atomic E-state index is 10.5. The molecule has 0 atom stereocenters. The molecule has 22 heavy (non-hydrogen) atoms. The van der Waals surface area contributed by atoms with Crippen molar-refractivity contribution in [2.24, 2.45) is 0 Å². The summed E-state index contributed by atoms with van der Waals surface area (Å²) in [6.07, 6.45) is 18.8. The van der Waals surface area contributed by atoms with Crippen molar-refractivity contribution in [3.63, 3.8) is 0 Å². The van der Waals surface area contributed by atoms with Crippen LogP contribution in [0.4, 0.5) is 0 Å². The van der Waals surface area contributed by atoms with Crippen molar-refractivity contribution in [1.82, 2.24) is 0 Å². The van der Waals surface area contributed by atoms with Gasteiger partial charge in [-0.3, -0.25) is 4.55 Å². The number of rotatable bonds is 16. The Hall–Kier alpha value is 0.910. The number of hydrogen-bond donors (Lipinski definition) is 1. The summed E-state index contributed by atoms with van der Waals surface area (Å²) < 4.78 is 29.6. The van der Waals surface area contributed by atoms with E-state index in [4.69, 9.17) is 4.55 Å². The Balaban J connectivity index is 0. The zero-order valence-electron chi connectivity index (χ0n) is 15.0. The van der Waals surface area contributed by atoms with Crippen molar-refractivity contribution in [2.75, 3.05) is 5.75 Å². The van der Waals surface area contributed by atoms with E-state index in [0.717, 1.165) is 12.8 Å². The van der Waals surface area contributed by atoms with Crippen LogP contribution in [0, 0.1) is 0 Å². The van der Waals surface area contributed by atoms with Crippen LogP contribution in [0.3, 0.4) is 0 Å². The fraction of sp³-hybridized carbons (Fsp3) is 1.00. The first-order chi connectivity index (χ1) is 10.1. The molecule has 0 aliphatic carbocycles. The average molecular weight is 344 g/mol. The zero-order valence-corrected chi connectivity index (χ0v) is 17.8. The predicted molar refractivity (Wildman–Crippen MR) is 97.1 cm³/mol. The Morgan fingerprint density at radius 2 is 0.864 bits per heavy atom. The third-order valence-corrected chi connectivity index (χ3v) is 4.81. The van der Waals surface area contributed by atoms with E-state index in [-0.39, 0.29) is 35.3 Å². The van der Waals surface area contributed by atoms with Gasteiger partial charge in [0, 0.05) is 29.6 Å². The Kier molecular flexibility index (Phi) is 20.9. The molecular weight excluding hydrogens is 307 g/mol. The molecule has 0 saturated heterocycles. The first-order valence-corrected chi connectivity index (χ1v) is 10.6. The number of hydrogen-bond acceptors (Lipinski definition) is 2. The third-order valence-electron chi connectivity index (χ3n) is 4.01. The number of unbranched alkanes of at least 4 members (excludes halogenated alkanes) is 14.